The fourth-order valence-electron chi connectivity index (χ4n) is 1.57. The van der Waals surface area contributed by atoms with E-state index in [-0.39, 0.29) is 6.04 Å². The number of amides is 2. The van der Waals surface area contributed by atoms with E-state index in [2.05, 4.69) is 15.4 Å². The van der Waals surface area contributed by atoms with E-state index in [4.69, 9.17) is 5.11 Å². The zero-order valence-electron chi connectivity index (χ0n) is 10.0. The first kappa shape index (κ1) is 14.0. The smallest absolute Gasteiger partial charge is 0.326 e. The summed E-state index contributed by atoms with van der Waals surface area (Å²) in [6, 6.07) is -1.90. The zero-order valence-corrected chi connectivity index (χ0v) is 10.0. The first-order valence-corrected chi connectivity index (χ1v) is 5.54. The highest BCUT2D eigenvalue weighted by Gasteiger charge is 2.24. The fourth-order valence-corrected chi connectivity index (χ4v) is 1.57. The summed E-state index contributed by atoms with van der Waals surface area (Å²) >= 11 is 0. The Morgan fingerprint density at radius 3 is 2.50 bits per heavy atom. The van der Waals surface area contributed by atoms with Crippen molar-refractivity contribution in [2.75, 3.05) is 7.11 Å². The fraction of sp³-hybridized carbons (Fsp3) is 0.545. The van der Waals surface area contributed by atoms with Gasteiger partial charge in [-0.1, -0.05) is 12.2 Å². The quantitative estimate of drug-likeness (QED) is 0.475. The van der Waals surface area contributed by atoms with Gasteiger partial charge >= 0.3 is 18.0 Å². The van der Waals surface area contributed by atoms with Crippen LogP contribution in [0.4, 0.5) is 4.79 Å². The van der Waals surface area contributed by atoms with Gasteiger partial charge in [0, 0.05) is 6.04 Å². The molecule has 2 amide bonds. The van der Waals surface area contributed by atoms with Crippen LogP contribution in [0, 0.1) is 0 Å². The minimum Gasteiger partial charge on any atom is -0.480 e. The van der Waals surface area contributed by atoms with Crippen LogP contribution in [0.15, 0.2) is 12.2 Å². The van der Waals surface area contributed by atoms with E-state index in [1.807, 2.05) is 12.2 Å². The van der Waals surface area contributed by atoms with Gasteiger partial charge in [0.1, 0.15) is 6.04 Å². The Morgan fingerprint density at radius 1 is 1.39 bits per heavy atom. The second-order valence-electron chi connectivity index (χ2n) is 3.93. The average molecular weight is 256 g/mol. The van der Waals surface area contributed by atoms with Crippen LogP contribution in [-0.4, -0.2) is 42.3 Å². The van der Waals surface area contributed by atoms with Gasteiger partial charge < -0.3 is 20.5 Å². The average Bonchev–Trinajstić information content (AvgIpc) is 2.80. The highest BCUT2D eigenvalue weighted by Crippen LogP contribution is 2.08. The Balaban J connectivity index is 2.42. The lowest BCUT2D eigenvalue weighted by atomic mass is 10.2. The highest BCUT2D eigenvalue weighted by atomic mass is 16.5. The Kier molecular flexibility index (Phi) is 5.16. The summed E-state index contributed by atoms with van der Waals surface area (Å²) in [5, 5.41) is 13.7. The SMILES string of the molecule is COC(=O)C[C@H](NC(=O)NC1CC=CC1)C(=O)O. The summed E-state index contributed by atoms with van der Waals surface area (Å²) in [6.45, 7) is 0. The van der Waals surface area contributed by atoms with Crippen molar-refractivity contribution >= 4 is 18.0 Å². The van der Waals surface area contributed by atoms with E-state index in [9.17, 15) is 14.4 Å². The van der Waals surface area contributed by atoms with Gasteiger partial charge in [0.2, 0.25) is 0 Å². The molecule has 0 unspecified atom stereocenters. The molecule has 1 aliphatic rings. The summed E-state index contributed by atoms with van der Waals surface area (Å²) in [6.07, 6.45) is 4.93. The normalized spacial score (nSPS) is 16.1. The van der Waals surface area contributed by atoms with E-state index in [1.54, 1.807) is 0 Å². The second-order valence-corrected chi connectivity index (χ2v) is 3.93. The predicted octanol–water partition coefficient (Wildman–Crippen LogP) is 0.0205. The molecule has 1 rings (SSSR count). The zero-order chi connectivity index (χ0) is 13.5. The molecule has 0 radical (unpaired) electrons. The van der Waals surface area contributed by atoms with Crippen molar-refractivity contribution in [1.82, 2.24) is 10.6 Å². The van der Waals surface area contributed by atoms with Crippen LogP contribution >= 0.6 is 0 Å². The summed E-state index contributed by atoms with van der Waals surface area (Å²) in [5.74, 6) is -1.97. The standard InChI is InChI=1S/C11H16N2O5/c1-18-9(14)6-8(10(15)16)13-11(17)12-7-4-2-3-5-7/h2-3,7-8H,4-6H2,1H3,(H,15,16)(H2,12,13,17)/t8-/m0/s1. The lowest BCUT2D eigenvalue weighted by Gasteiger charge is -2.17. The van der Waals surface area contributed by atoms with Crippen LogP contribution in [0.2, 0.25) is 0 Å². The molecule has 0 fully saturated rings. The van der Waals surface area contributed by atoms with Crippen LogP contribution in [0.5, 0.6) is 0 Å². The number of hydrogen-bond donors (Lipinski definition) is 3. The number of carboxylic acids is 1. The largest absolute Gasteiger partial charge is 0.480 e. The first-order chi connectivity index (χ1) is 8.52. The highest BCUT2D eigenvalue weighted by molar-refractivity contribution is 5.86. The Morgan fingerprint density at radius 2 is 2.00 bits per heavy atom. The summed E-state index contributed by atoms with van der Waals surface area (Å²) in [5.41, 5.74) is 0. The number of carboxylic acid groups (broad SMARTS) is 1. The predicted molar refractivity (Wildman–Crippen MR) is 61.9 cm³/mol. The number of rotatable bonds is 5. The van der Waals surface area contributed by atoms with E-state index < -0.39 is 30.4 Å². The number of aliphatic carboxylic acids is 1. The van der Waals surface area contributed by atoms with Gasteiger partial charge in [-0.25, -0.2) is 9.59 Å². The van der Waals surface area contributed by atoms with E-state index in [0.717, 1.165) is 20.0 Å². The molecule has 0 saturated carbocycles. The molecule has 3 N–H and O–H groups in total. The van der Waals surface area contributed by atoms with E-state index in [1.165, 1.54) is 0 Å². The number of methoxy groups -OCH3 is 1. The Hall–Kier alpha value is -2.05. The third kappa shape index (κ3) is 4.44. The molecule has 1 aliphatic carbocycles. The number of carbonyl (C=O) groups is 3. The molecule has 7 nitrogen and oxygen atoms in total. The van der Waals surface area contributed by atoms with Crippen LogP contribution in [-0.2, 0) is 14.3 Å². The molecule has 7 heteroatoms. The molecular weight excluding hydrogens is 240 g/mol. The topological polar surface area (TPSA) is 105 Å². The number of urea groups is 1. The van der Waals surface area contributed by atoms with E-state index >= 15 is 0 Å². The number of hydrogen-bond acceptors (Lipinski definition) is 4. The van der Waals surface area contributed by atoms with Crippen molar-refractivity contribution in [3.05, 3.63) is 12.2 Å². The maximum Gasteiger partial charge on any atom is 0.326 e. The van der Waals surface area contributed by atoms with Gasteiger partial charge in [-0.3, -0.25) is 4.79 Å². The molecule has 0 aromatic rings. The molecule has 0 aromatic heterocycles. The third-order valence-electron chi connectivity index (χ3n) is 2.54. The molecule has 0 spiro atoms. The second kappa shape index (κ2) is 6.63. The van der Waals surface area contributed by atoms with Gasteiger partial charge in [-0.2, -0.15) is 0 Å². The summed E-state index contributed by atoms with van der Waals surface area (Å²) in [4.78, 5) is 33.4. The lowest BCUT2D eigenvalue weighted by molar-refractivity contribution is -0.147. The lowest BCUT2D eigenvalue weighted by Crippen LogP contribution is -2.49. The molecule has 18 heavy (non-hydrogen) atoms. The van der Waals surface area contributed by atoms with Crippen molar-refractivity contribution in [3.8, 4) is 0 Å². The monoisotopic (exact) mass is 256 g/mol. The maximum atomic E-state index is 11.5. The number of ether oxygens (including phenoxy) is 1. The van der Waals surface area contributed by atoms with Crippen molar-refractivity contribution in [3.63, 3.8) is 0 Å². The molecule has 0 aliphatic heterocycles. The third-order valence-corrected chi connectivity index (χ3v) is 2.54. The molecule has 0 saturated heterocycles. The first-order valence-electron chi connectivity index (χ1n) is 5.54. The summed E-state index contributed by atoms with van der Waals surface area (Å²) < 4.78 is 4.36. The number of nitrogens with one attached hydrogen (secondary N) is 2. The van der Waals surface area contributed by atoms with Crippen LogP contribution in [0.25, 0.3) is 0 Å². The maximum absolute atomic E-state index is 11.5. The molecule has 0 aromatic carbocycles. The summed E-state index contributed by atoms with van der Waals surface area (Å²) in [7, 11) is 1.16. The van der Waals surface area contributed by atoms with Gasteiger partial charge in [-0.05, 0) is 12.8 Å². The molecular formula is C11H16N2O5. The number of carbonyl (C=O) groups excluding carboxylic acids is 2. The van der Waals surface area contributed by atoms with Crippen molar-refractivity contribution in [2.24, 2.45) is 0 Å². The molecule has 0 bridgehead atoms. The van der Waals surface area contributed by atoms with Crippen LogP contribution < -0.4 is 10.6 Å². The van der Waals surface area contributed by atoms with Gasteiger partial charge in [0.25, 0.3) is 0 Å². The minimum absolute atomic E-state index is 0.0161. The molecule has 100 valence electrons. The Bertz CT molecular complexity index is 358. The van der Waals surface area contributed by atoms with Gasteiger partial charge in [0.05, 0.1) is 13.5 Å². The van der Waals surface area contributed by atoms with Gasteiger partial charge in [0.15, 0.2) is 0 Å². The van der Waals surface area contributed by atoms with Crippen molar-refractivity contribution < 1.29 is 24.2 Å². The minimum atomic E-state index is -1.29. The van der Waals surface area contributed by atoms with Crippen LogP contribution in [0.1, 0.15) is 19.3 Å². The van der Waals surface area contributed by atoms with Gasteiger partial charge in [-0.15, -0.1) is 0 Å². The van der Waals surface area contributed by atoms with Crippen LogP contribution in [0.3, 0.4) is 0 Å². The van der Waals surface area contributed by atoms with Crippen molar-refractivity contribution in [2.45, 2.75) is 31.3 Å². The Labute approximate surface area is 104 Å². The molecule has 1 atom stereocenters. The van der Waals surface area contributed by atoms with Crippen molar-refractivity contribution in [1.29, 1.82) is 0 Å². The number of esters is 1. The van der Waals surface area contributed by atoms with E-state index in [0.29, 0.717) is 0 Å². The molecule has 0 heterocycles.